The van der Waals surface area contributed by atoms with Crippen molar-refractivity contribution >= 4 is 60.0 Å². The molecule has 3 N–H and O–H groups in total. The lowest BCUT2D eigenvalue weighted by atomic mass is 9.80. The van der Waals surface area contributed by atoms with E-state index in [0.717, 1.165) is 30.5 Å². The molecule has 71 heavy (non-hydrogen) atoms. The van der Waals surface area contributed by atoms with Crippen molar-refractivity contribution in [3.63, 3.8) is 0 Å². The number of sulfone groups is 1. The maximum atomic E-state index is 15.6. The smallest absolute Gasteiger partial charge is 0.346 e. The Morgan fingerprint density at radius 2 is 1.58 bits per heavy atom. The van der Waals surface area contributed by atoms with Crippen LogP contribution in [0.2, 0.25) is 5.02 Å². The average molecular weight is 1070 g/mol. The van der Waals surface area contributed by atoms with E-state index in [1.54, 1.807) is 0 Å². The zero-order valence-electron chi connectivity index (χ0n) is 37.4. The van der Waals surface area contributed by atoms with Gasteiger partial charge in [0.2, 0.25) is 21.8 Å². The Kier molecular flexibility index (Phi) is 12.7. The van der Waals surface area contributed by atoms with E-state index in [1.165, 1.54) is 26.0 Å². The van der Waals surface area contributed by atoms with Crippen molar-refractivity contribution in [2.24, 2.45) is 17.6 Å². The summed E-state index contributed by atoms with van der Waals surface area (Å²) in [5.74, 6) is -7.88. The van der Waals surface area contributed by atoms with Crippen LogP contribution in [0.15, 0.2) is 42.5 Å². The van der Waals surface area contributed by atoms with Crippen LogP contribution in [0.5, 0.6) is 0 Å². The zero-order valence-corrected chi connectivity index (χ0v) is 39.7. The molecule has 0 bridgehead atoms. The number of nitrogens with zero attached hydrogens (tertiary/aromatic N) is 6. The van der Waals surface area contributed by atoms with Gasteiger partial charge in [-0.3, -0.25) is 19.0 Å². The Bertz CT molecular complexity index is 3320. The van der Waals surface area contributed by atoms with Crippen molar-refractivity contribution in [1.82, 2.24) is 29.9 Å². The second-order valence-electron chi connectivity index (χ2n) is 18.3. The fourth-order valence-corrected chi connectivity index (χ4v) is 10.2. The summed E-state index contributed by atoms with van der Waals surface area (Å²) >= 11 is 6.66. The minimum atomic E-state index is -5.21. The van der Waals surface area contributed by atoms with Crippen LogP contribution in [0.1, 0.15) is 79.0 Å². The summed E-state index contributed by atoms with van der Waals surface area (Å²) in [5.41, 5.74) is 0.187. The summed E-state index contributed by atoms with van der Waals surface area (Å²) in [6.45, 7) is -0.730. The van der Waals surface area contributed by atoms with Crippen molar-refractivity contribution in [3.05, 3.63) is 93.0 Å². The molecule has 1 unspecified atom stereocenters. The van der Waals surface area contributed by atoms with E-state index < -0.39 is 160 Å². The number of hydrogen-bond acceptors (Lipinski definition) is 10. The Morgan fingerprint density at radius 1 is 0.944 bits per heavy atom. The molecule has 380 valence electrons. The third kappa shape index (κ3) is 9.93. The molecule has 2 aromatic carbocycles. The minimum absolute atomic E-state index is 0.0226. The van der Waals surface area contributed by atoms with E-state index in [2.05, 4.69) is 32.3 Å². The van der Waals surface area contributed by atoms with Crippen molar-refractivity contribution in [2.45, 2.75) is 93.6 Å². The minimum Gasteiger partial charge on any atom is -0.346 e. The molecule has 3 atom stereocenters. The number of pyridine rings is 1. The Morgan fingerprint density at radius 3 is 2.15 bits per heavy atom. The Labute approximate surface area is 402 Å². The van der Waals surface area contributed by atoms with E-state index in [0.29, 0.717) is 17.0 Å². The van der Waals surface area contributed by atoms with Gasteiger partial charge >= 0.3 is 12.4 Å². The van der Waals surface area contributed by atoms with Crippen LogP contribution in [-0.4, -0.2) is 82.7 Å². The van der Waals surface area contributed by atoms with Crippen molar-refractivity contribution in [3.8, 4) is 23.0 Å². The molecule has 2 saturated carbocycles. The van der Waals surface area contributed by atoms with Crippen LogP contribution in [0, 0.1) is 35.3 Å². The molecule has 3 heterocycles. The molecule has 3 aliphatic rings. The predicted octanol–water partition coefficient (Wildman–Crippen LogP) is 7.32. The lowest BCUT2D eigenvalue weighted by Crippen LogP contribution is -2.48. The summed E-state index contributed by atoms with van der Waals surface area (Å²) < 4.78 is 198. The first-order valence-electron chi connectivity index (χ1n) is 21.3. The first-order valence-corrected chi connectivity index (χ1v) is 25.4. The van der Waals surface area contributed by atoms with Crippen molar-refractivity contribution < 1.29 is 70.3 Å². The number of carbonyl (C=O) groups excluding carboxylic acids is 2. The van der Waals surface area contributed by atoms with E-state index in [-0.39, 0.29) is 50.6 Å². The summed E-state index contributed by atoms with van der Waals surface area (Å²) in [6, 6.07) is 4.46. The Hall–Kier alpha value is -5.78. The van der Waals surface area contributed by atoms with Crippen LogP contribution in [0.4, 0.5) is 49.7 Å². The van der Waals surface area contributed by atoms with Gasteiger partial charge in [0, 0.05) is 46.9 Å². The van der Waals surface area contributed by atoms with Gasteiger partial charge in [0.25, 0.3) is 5.92 Å². The molecule has 0 aliphatic heterocycles. The number of rotatable bonds is 12. The molecule has 0 saturated heterocycles. The van der Waals surface area contributed by atoms with Crippen LogP contribution in [-0.2, 0) is 61.1 Å². The van der Waals surface area contributed by atoms with E-state index >= 15 is 8.78 Å². The van der Waals surface area contributed by atoms with Crippen LogP contribution < -0.4 is 15.4 Å². The number of nitrogens with two attached hydrogens (primary N) is 1. The normalized spacial score (nSPS) is 20.1. The fraction of sp³-hybridized carbons (Fsp3) is 0.432. The fourth-order valence-electron chi connectivity index (χ4n) is 8.85. The third-order valence-corrected chi connectivity index (χ3v) is 15.8. The van der Waals surface area contributed by atoms with Gasteiger partial charge in [-0.2, -0.15) is 49.6 Å². The number of benzene rings is 2. The highest BCUT2D eigenvalue weighted by molar-refractivity contribution is 7.93. The second kappa shape index (κ2) is 17.5. The van der Waals surface area contributed by atoms with Gasteiger partial charge in [-0.15, -0.1) is 0 Å². The lowest BCUT2D eigenvalue weighted by Gasteiger charge is -2.34. The van der Waals surface area contributed by atoms with Gasteiger partial charge in [0.15, 0.2) is 21.3 Å². The van der Waals surface area contributed by atoms with Crippen LogP contribution in [0.3, 0.4) is 0 Å². The molecule has 8 rings (SSSR count). The Balaban J connectivity index is 1.36. The molecule has 2 amide bonds. The first-order chi connectivity index (χ1) is 32.7. The topological polar surface area (TPSA) is 192 Å². The number of alkyl halides is 8. The molecule has 3 aliphatic carbocycles. The third-order valence-electron chi connectivity index (χ3n) is 12.6. The van der Waals surface area contributed by atoms with E-state index in [4.69, 9.17) is 17.3 Å². The van der Waals surface area contributed by atoms with Gasteiger partial charge in [0.05, 0.1) is 33.9 Å². The first kappa shape index (κ1) is 51.6. The number of fused-ring (bicyclic) bond motifs is 4. The standard InChI is InChI=1S/C44H39ClF10N8O6S2/c1-41(2,70(3,66)67)10-9-25-5-6-26(27-7-8-30(45)34-36(27)62(19-42(48,49)50)60-39(34)63(71(4,68)69)40(65)21-14-24(56)15-21)35(57-25)31(13-20-11-22(46)16-23(47)12-20)58-32(64)18-61-38-33(37(59-61)44(53,54)55)28-17-29(28)43(38,51)52/h5-8,11-12,16,21,24,28-29,31H,13-15,17-19,56H2,1-4H3,(H,58,64)/t21-,24-,28-,29?,31-/m0/s1. The number of nitrogens with one attached hydrogen (secondary N) is 1. The molecule has 14 nitrogen and oxygen atoms in total. The largest absolute Gasteiger partial charge is 0.435 e. The molecular formula is C44H39ClF10N8O6S2. The zero-order chi connectivity index (χ0) is 52.3. The molecular weight excluding hydrogens is 1030 g/mol. The highest BCUT2D eigenvalue weighted by Crippen LogP contribution is 2.68. The number of anilines is 1. The monoisotopic (exact) mass is 1060 g/mol. The molecule has 3 aromatic heterocycles. The average Bonchev–Trinajstić information content (AvgIpc) is 3.73. The predicted molar refractivity (Wildman–Crippen MR) is 236 cm³/mol. The van der Waals surface area contributed by atoms with Gasteiger partial charge in [-0.05, 0) is 87.3 Å². The quantitative estimate of drug-likeness (QED) is 0.0946. The van der Waals surface area contributed by atoms with Gasteiger partial charge in [-0.25, -0.2) is 30.6 Å². The van der Waals surface area contributed by atoms with Gasteiger partial charge in [0.1, 0.15) is 40.9 Å². The summed E-state index contributed by atoms with van der Waals surface area (Å²) in [7, 11) is -8.59. The summed E-state index contributed by atoms with van der Waals surface area (Å²) in [4.78, 5) is 32.5. The molecule has 0 radical (unpaired) electrons. The summed E-state index contributed by atoms with van der Waals surface area (Å²) in [6.07, 6.45) is -9.73. The van der Waals surface area contributed by atoms with Crippen LogP contribution in [0.25, 0.3) is 22.0 Å². The number of sulfonamides is 1. The number of aromatic nitrogens is 5. The molecule has 27 heteroatoms. The number of halogens is 11. The maximum absolute atomic E-state index is 15.6. The number of amides is 2. The molecule has 0 spiro atoms. The van der Waals surface area contributed by atoms with E-state index in [9.17, 15) is 61.5 Å². The maximum Gasteiger partial charge on any atom is 0.435 e. The summed E-state index contributed by atoms with van der Waals surface area (Å²) in [5, 5.41) is 8.88. The number of carbonyl (C=O) groups is 2. The van der Waals surface area contributed by atoms with Gasteiger partial charge < -0.3 is 11.1 Å². The number of hydrogen-bond donors (Lipinski definition) is 2. The SMILES string of the molecule is CC(C)(C#Cc1ccc(-c2ccc(Cl)c3c(N(C(=O)[C@H]4C[C@H](N)C4)S(C)(=O)=O)nn(CC(F)(F)F)c23)c([C@H](Cc2cc(F)cc(F)c2)NC(=O)Cn2nc(C(F)(F)F)c3c2C(F)(F)C2C[C@H]32)n1)S(C)(=O)=O. The van der Waals surface area contributed by atoms with Gasteiger partial charge in [-0.1, -0.05) is 23.6 Å². The highest BCUT2D eigenvalue weighted by atomic mass is 35.5. The second-order valence-corrected chi connectivity index (χ2v) is 23.1. The molecule has 2 fully saturated rings. The van der Waals surface area contributed by atoms with Crippen LogP contribution >= 0.6 is 11.6 Å². The van der Waals surface area contributed by atoms with E-state index in [1.807, 2.05) is 0 Å². The van der Waals surface area contributed by atoms with Crippen molar-refractivity contribution in [2.75, 3.05) is 16.8 Å². The van der Waals surface area contributed by atoms with Crippen molar-refractivity contribution in [1.29, 1.82) is 0 Å². The molecule has 5 aromatic rings. The lowest BCUT2D eigenvalue weighted by molar-refractivity contribution is -0.143. The highest BCUT2D eigenvalue weighted by Gasteiger charge is 2.68.